The second-order valence-corrected chi connectivity index (χ2v) is 4.68. The molecule has 1 aromatic carbocycles. The Bertz CT molecular complexity index is 457. The van der Waals surface area contributed by atoms with Crippen LogP contribution in [0.25, 0.3) is 0 Å². The highest BCUT2D eigenvalue weighted by Crippen LogP contribution is 2.29. The molecule has 0 radical (unpaired) electrons. The van der Waals surface area contributed by atoms with Crippen LogP contribution in [0.3, 0.4) is 0 Å². The monoisotopic (exact) mass is 266 g/mol. The van der Waals surface area contributed by atoms with E-state index < -0.39 is 12.1 Å². The summed E-state index contributed by atoms with van der Waals surface area (Å²) < 4.78 is 10.8. The number of methoxy groups -OCH3 is 1. The Balaban J connectivity index is 2.23. The average molecular weight is 266 g/mol. The Labute approximate surface area is 111 Å². The summed E-state index contributed by atoms with van der Waals surface area (Å²) in [5.41, 5.74) is 0.0820. The molecule has 2 atom stereocenters. The van der Waals surface area contributed by atoms with Crippen molar-refractivity contribution in [3.63, 3.8) is 0 Å². The highest BCUT2D eigenvalue weighted by Gasteiger charge is 2.26. The molecule has 5 heteroatoms. The van der Waals surface area contributed by atoms with Crippen molar-refractivity contribution in [1.82, 2.24) is 0 Å². The first kappa shape index (κ1) is 13.7. The van der Waals surface area contributed by atoms with Gasteiger partial charge in [0, 0.05) is 6.07 Å². The van der Waals surface area contributed by atoms with Gasteiger partial charge in [0.25, 0.3) is 0 Å². The average Bonchev–Trinajstić information content (AvgIpc) is 2.41. The van der Waals surface area contributed by atoms with Gasteiger partial charge in [-0.2, -0.15) is 0 Å². The maximum atomic E-state index is 11.2. The number of benzene rings is 1. The molecular formula is C14H18O5. The number of aromatic carboxylic acids is 1. The molecule has 1 aromatic rings. The minimum atomic E-state index is -1.05. The van der Waals surface area contributed by atoms with Gasteiger partial charge in [0.15, 0.2) is 0 Å². The number of aliphatic hydroxyl groups is 1. The maximum Gasteiger partial charge on any atom is 0.339 e. The van der Waals surface area contributed by atoms with Crippen molar-refractivity contribution in [2.24, 2.45) is 0 Å². The summed E-state index contributed by atoms with van der Waals surface area (Å²) in [5.74, 6) is -0.272. The summed E-state index contributed by atoms with van der Waals surface area (Å²) in [6.07, 6.45) is 2.49. The lowest BCUT2D eigenvalue weighted by Gasteiger charge is -2.28. The molecule has 0 heterocycles. The van der Waals surface area contributed by atoms with Gasteiger partial charge in [0.1, 0.15) is 23.2 Å². The molecule has 0 spiro atoms. The van der Waals surface area contributed by atoms with E-state index in [4.69, 9.17) is 14.6 Å². The molecule has 104 valence electrons. The maximum absolute atomic E-state index is 11.2. The topological polar surface area (TPSA) is 76.0 Å². The van der Waals surface area contributed by atoms with Crippen molar-refractivity contribution in [3.05, 3.63) is 23.8 Å². The normalized spacial score (nSPS) is 22.8. The van der Waals surface area contributed by atoms with E-state index in [-0.39, 0.29) is 17.4 Å². The molecule has 1 aliphatic carbocycles. The lowest BCUT2D eigenvalue weighted by molar-refractivity contribution is 0.00596. The number of aliphatic hydroxyl groups excluding tert-OH is 1. The number of carbonyl (C=O) groups is 1. The zero-order valence-electron chi connectivity index (χ0n) is 10.8. The third-order valence-electron chi connectivity index (χ3n) is 3.37. The van der Waals surface area contributed by atoms with Crippen LogP contribution >= 0.6 is 0 Å². The molecule has 1 saturated carbocycles. The Hall–Kier alpha value is -1.75. The van der Waals surface area contributed by atoms with Crippen LogP contribution in [0.1, 0.15) is 36.0 Å². The number of hydrogen-bond donors (Lipinski definition) is 2. The molecular weight excluding hydrogens is 248 g/mol. The Kier molecular flexibility index (Phi) is 4.27. The molecule has 19 heavy (non-hydrogen) atoms. The van der Waals surface area contributed by atoms with Crippen LogP contribution in [-0.4, -0.2) is 35.5 Å². The van der Waals surface area contributed by atoms with E-state index >= 15 is 0 Å². The van der Waals surface area contributed by atoms with Gasteiger partial charge >= 0.3 is 5.97 Å². The second kappa shape index (κ2) is 5.93. The predicted octanol–water partition coefficient (Wildman–Crippen LogP) is 2.08. The van der Waals surface area contributed by atoms with Crippen LogP contribution in [0.4, 0.5) is 0 Å². The van der Waals surface area contributed by atoms with Crippen LogP contribution < -0.4 is 9.47 Å². The molecule has 1 fully saturated rings. The van der Waals surface area contributed by atoms with Crippen molar-refractivity contribution in [3.8, 4) is 11.5 Å². The van der Waals surface area contributed by atoms with Gasteiger partial charge in [-0.25, -0.2) is 4.79 Å². The van der Waals surface area contributed by atoms with Crippen molar-refractivity contribution in [1.29, 1.82) is 0 Å². The van der Waals surface area contributed by atoms with Gasteiger partial charge in [-0.3, -0.25) is 0 Å². The van der Waals surface area contributed by atoms with Gasteiger partial charge in [-0.05, 0) is 31.4 Å². The minimum Gasteiger partial charge on any atom is -0.497 e. The zero-order chi connectivity index (χ0) is 13.8. The van der Waals surface area contributed by atoms with Crippen molar-refractivity contribution >= 4 is 5.97 Å². The molecule has 2 N–H and O–H groups in total. The number of carboxylic acid groups (broad SMARTS) is 1. The van der Waals surface area contributed by atoms with E-state index in [1.807, 2.05) is 0 Å². The molecule has 0 bridgehead atoms. The summed E-state index contributed by atoms with van der Waals surface area (Å²) in [4.78, 5) is 11.2. The fraction of sp³-hybridized carbons (Fsp3) is 0.500. The number of ether oxygens (including phenoxy) is 2. The fourth-order valence-corrected chi connectivity index (χ4v) is 2.28. The van der Waals surface area contributed by atoms with Crippen LogP contribution in [0, 0.1) is 0 Å². The Morgan fingerprint density at radius 2 is 2.05 bits per heavy atom. The molecule has 5 nitrogen and oxygen atoms in total. The van der Waals surface area contributed by atoms with E-state index in [1.54, 1.807) is 12.1 Å². The van der Waals surface area contributed by atoms with Crippen LogP contribution in [0.2, 0.25) is 0 Å². The zero-order valence-corrected chi connectivity index (χ0v) is 10.8. The number of hydrogen-bond acceptors (Lipinski definition) is 4. The summed E-state index contributed by atoms with van der Waals surface area (Å²) >= 11 is 0. The van der Waals surface area contributed by atoms with Crippen LogP contribution in [0.5, 0.6) is 11.5 Å². The third-order valence-corrected chi connectivity index (χ3v) is 3.37. The van der Waals surface area contributed by atoms with Gasteiger partial charge in [-0.1, -0.05) is 6.42 Å². The van der Waals surface area contributed by atoms with E-state index in [1.165, 1.54) is 13.2 Å². The SMILES string of the molecule is COc1ccc(C(=O)O)c(OC2CCCCC2O)c1. The Morgan fingerprint density at radius 3 is 2.68 bits per heavy atom. The van der Waals surface area contributed by atoms with E-state index in [0.29, 0.717) is 12.2 Å². The van der Waals surface area contributed by atoms with Crippen molar-refractivity contribution in [2.45, 2.75) is 37.9 Å². The third kappa shape index (κ3) is 3.17. The van der Waals surface area contributed by atoms with Crippen LogP contribution in [-0.2, 0) is 0 Å². The quantitative estimate of drug-likeness (QED) is 0.872. The minimum absolute atomic E-state index is 0.0820. The molecule has 0 aliphatic heterocycles. The lowest BCUT2D eigenvalue weighted by atomic mass is 9.95. The van der Waals surface area contributed by atoms with Gasteiger partial charge in [0.05, 0.1) is 13.2 Å². The molecule has 2 rings (SSSR count). The first-order chi connectivity index (χ1) is 9.11. The summed E-state index contributed by atoms with van der Waals surface area (Å²) in [5, 5.41) is 19.0. The Morgan fingerprint density at radius 1 is 1.32 bits per heavy atom. The van der Waals surface area contributed by atoms with Crippen molar-refractivity contribution < 1.29 is 24.5 Å². The summed E-state index contributed by atoms with van der Waals surface area (Å²) in [6.45, 7) is 0. The first-order valence-electron chi connectivity index (χ1n) is 6.38. The smallest absolute Gasteiger partial charge is 0.339 e. The van der Waals surface area contributed by atoms with Gasteiger partial charge in [-0.15, -0.1) is 0 Å². The van der Waals surface area contributed by atoms with Crippen molar-refractivity contribution in [2.75, 3.05) is 7.11 Å². The lowest BCUT2D eigenvalue weighted by Crippen LogP contribution is -2.35. The highest BCUT2D eigenvalue weighted by atomic mass is 16.5. The molecule has 2 unspecified atom stereocenters. The van der Waals surface area contributed by atoms with Gasteiger partial charge in [0.2, 0.25) is 0 Å². The van der Waals surface area contributed by atoms with E-state index in [9.17, 15) is 9.90 Å². The predicted molar refractivity (Wildman–Crippen MR) is 68.8 cm³/mol. The molecule has 0 amide bonds. The van der Waals surface area contributed by atoms with E-state index in [0.717, 1.165) is 19.3 Å². The fourth-order valence-electron chi connectivity index (χ4n) is 2.28. The van der Waals surface area contributed by atoms with Gasteiger partial charge < -0.3 is 19.7 Å². The standard InChI is InChI=1S/C14H18O5/c1-18-9-6-7-10(14(16)17)13(8-9)19-12-5-3-2-4-11(12)15/h6-8,11-12,15H,2-5H2,1H3,(H,16,17). The number of carboxylic acids is 1. The van der Waals surface area contributed by atoms with E-state index in [2.05, 4.69) is 0 Å². The highest BCUT2D eigenvalue weighted by molar-refractivity contribution is 5.91. The van der Waals surface area contributed by atoms with Crippen LogP contribution in [0.15, 0.2) is 18.2 Å². The number of rotatable bonds is 4. The molecule has 0 aromatic heterocycles. The first-order valence-corrected chi connectivity index (χ1v) is 6.38. The summed E-state index contributed by atoms with van der Waals surface area (Å²) in [7, 11) is 1.51. The molecule has 1 aliphatic rings. The second-order valence-electron chi connectivity index (χ2n) is 4.68. The summed E-state index contributed by atoms with van der Waals surface area (Å²) in [6, 6.07) is 4.57. The molecule has 0 saturated heterocycles. The largest absolute Gasteiger partial charge is 0.497 e.